The average molecular weight is 270 g/mol. The summed E-state index contributed by atoms with van der Waals surface area (Å²) in [5.41, 5.74) is 2.39. The van der Waals surface area contributed by atoms with Crippen molar-refractivity contribution in [1.82, 2.24) is 15.0 Å². The van der Waals surface area contributed by atoms with Gasteiger partial charge < -0.3 is 14.8 Å². The molecule has 0 aliphatic rings. The molecule has 0 aliphatic heterocycles. The first-order chi connectivity index (χ1) is 9.05. The molecule has 0 aromatic carbocycles. The van der Waals surface area contributed by atoms with Gasteiger partial charge in [0.1, 0.15) is 0 Å². The highest BCUT2D eigenvalue weighted by Gasteiger charge is 2.10. The van der Waals surface area contributed by atoms with Crippen LogP contribution in [0.3, 0.4) is 0 Å². The van der Waals surface area contributed by atoms with E-state index >= 15 is 0 Å². The molecular formula is C11H22N6O2. The fourth-order valence-corrected chi connectivity index (χ4v) is 1.34. The Morgan fingerprint density at radius 2 is 1.84 bits per heavy atom. The van der Waals surface area contributed by atoms with Crippen molar-refractivity contribution in [3.63, 3.8) is 0 Å². The Morgan fingerprint density at radius 1 is 1.16 bits per heavy atom. The van der Waals surface area contributed by atoms with Gasteiger partial charge in [0, 0.05) is 19.8 Å². The van der Waals surface area contributed by atoms with Crippen molar-refractivity contribution in [3.05, 3.63) is 0 Å². The van der Waals surface area contributed by atoms with Crippen LogP contribution in [0.2, 0.25) is 0 Å². The molecular weight excluding hydrogens is 248 g/mol. The molecule has 0 fully saturated rings. The van der Waals surface area contributed by atoms with Crippen molar-refractivity contribution in [2.45, 2.75) is 39.3 Å². The Kier molecular flexibility index (Phi) is 6.23. The summed E-state index contributed by atoms with van der Waals surface area (Å²) in [7, 11) is 1.67. The fraction of sp³-hybridized carbons (Fsp3) is 0.727. The Bertz CT molecular complexity index is 387. The number of rotatable bonds is 8. The van der Waals surface area contributed by atoms with Crippen LogP contribution >= 0.6 is 0 Å². The third-order valence-corrected chi connectivity index (χ3v) is 2.22. The highest BCUT2D eigenvalue weighted by atomic mass is 16.5. The molecule has 0 radical (unpaired) electrons. The van der Waals surface area contributed by atoms with E-state index in [2.05, 4.69) is 25.7 Å². The molecule has 0 bridgehead atoms. The fourth-order valence-electron chi connectivity index (χ4n) is 1.34. The monoisotopic (exact) mass is 270 g/mol. The van der Waals surface area contributed by atoms with Crippen LogP contribution in [0.5, 0.6) is 6.01 Å². The number of nitrogens with zero attached hydrogens (tertiary/aromatic N) is 3. The predicted molar refractivity (Wildman–Crippen MR) is 73.0 cm³/mol. The molecule has 0 amide bonds. The second-order valence-electron chi connectivity index (χ2n) is 4.40. The summed E-state index contributed by atoms with van der Waals surface area (Å²) in [4.78, 5) is 12.3. The number of nitrogens with two attached hydrogens (primary N) is 1. The van der Waals surface area contributed by atoms with E-state index in [9.17, 15) is 0 Å². The van der Waals surface area contributed by atoms with Crippen LogP contribution in [-0.2, 0) is 4.74 Å². The van der Waals surface area contributed by atoms with Gasteiger partial charge in [-0.15, -0.1) is 0 Å². The van der Waals surface area contributed by atoms with Crippen molar-refractivity contribution in [2.24, 2.45) is 5.84 Å². The van der Waals surface area contributed by atoms with Gasteiger partial charge in [0.2, 0.25) is 11.9 Å². The van der Waals surface area contributed by atoms with E-state index in [0.29, 0.717) is 12.6 Å². The van der Waals surface area contributed by atoms with Crippen LogP contribution in [0, 0.1) is 0 Å². The van der Waals surface area contributed by atoms with E-state index < -0.39 is 0 Å². The van der Waals surface area contributed by atoms with Gasteiger partial charge in [-0.3, -0.25) is 5.43 Å². The number of nitrogens with one attached hydrogen (secondary N) is 2. The highest BCUT2D eigenvalue weighted by Crippen LogP contribution is 2.13. The van der Waals surface area contributed by atoms with Crippen molar-refractivity contribution < 1.29 is 9.47 Å². The number of anilines is 2. The third-order valence-electron chi connectivity index (χ3n) is 2.22. The number of methoxy groups -OCH3 is 1. The maximum atomic E-state index is 5.44. The Hall–Kier alpha value is -1.67. The predicted octanol–water partition coefficient (Wildman–Crippen LogP) is 0.781. The molecule has 4 N–H and O–H groups in total. The first-order valence-corrected chi connectivity index (χ1v) is 6.20. The molecule has 0 aliphatic carbocycles. The van der Waals surface area contributed by atoms with Gasteiger partial charge in [0.15, 0.2) is 0 Å². The van der Waals surface area contributed by atoms with Gasteiger partial charge in [-0.05, 0) is 27.2 Å². The molecule has 1 unspecified atom stereocenters. The Labute approximate surface area is 113 Å². The van der Waals surface area contributed by atoms with E-state index in [0.717, 1.165) is 6.42 Å². The summed E-state index contributed by atoms with van der Waals surface area (Å²) < 4.78 is 10.5. The van der Waals surface area contributed by atoms with Gasteiger partial charge >= 0.3 is 6.01 Å². The van der Waals surface area contributed by atoms with Crippen molar-refractivity contribution >= 4 is 11.9 Å². The number of hydrogen-bond acceptors (Lipinski definition) is 8. The van der Waals surface area contributed by atoms with E-state index in [1.165, 1.54) is 0 Å². The normalized spacial score (nSPS) is 12.3. The summed E-state index contributed by atoms with van der Waals surface area (Å²) in [5.74, 6) is 6.00. The summed E-state index contributed by atoms with van der Waals surface area (Å²) in [6.45, 7) is 6.47. The van der Waals surface area contributed by atoms with E-state index in [1.807, 2.05) is 20.8 Å². The first-order valence-electron chi connectivity index (χ1n) is 6.20. The summed E-state index contributed by atoms with van der Waals surface area (Å²) >= 11 is 0. The van der Waals surface area contributed by atoms with Crippen LogP contribution in [-0.4, -0.2) is 40.8 Å². The quantitative estimate of drug-likeness (QED) is 0.470. The molecule has 1 rings (SSSR count). The number of hydrogen-bond donors (Lipinski definition) is 3. The van der Waals surface area contributed by atoms with Crippen LogP contribution < -0.4 is 21.3 Å². The highest BCUT2D eigenvalue weighted by molar-refractivity contribution is 5.35. The molecule has 0 spiro atoms. The molecule has 8 heteroatoms. The standard InChI is InChI=1S/C11H22N6O2/c1-7(2)19-11-15-9(14-10(16-11)17-12)13-8(3)5-6-18-4/h7-8H,5-6,12H2,1-4H3,(H2,13,14,15,16,17). The summed E-state index contributed by atoms with van der Waals surface area (Å²) in [5, 5.41) is 3.15. The molecule has 108 valence electrons. The number of ether oxygens (including phenoxy) is 2. The zero-order valence-corrected chi connectivity index (χ0v) is 11.8. The average Bonchev–Trinajstić information content (AvgIpc) is 2.35. The van der Waals surface area contributed by atoms with Crippen molar-refractivity contribution in [2.75, 3.05) is 24.5 Å². The minimum atomic E-state index is -0.0215. The minimum Gasteiger partial charge on any atom is -0.461 e. The largest absolute Gasteiger partial charge is 0.461 e. The molecule has 1 aromatic rings. The van der Waals surface area contributed by atoms with Gasteiger partial charge in [0.25, 0.3) is 0 Å². The maximum Gasteiger partial charge on any atom is 0.323 e. The lowest BCUT2D eigenvalue weighted by Gasteiger charge is -2.15. The summed E-state index contributed by atoms with van der Waals surface area (Å²) in [6, 6.07) is 0.402. The van der Waals surface area contributed by atoms with Crippen molar-refractivity contribution in [1.29, 1.82) is 0 Å². The maximum absolute atomic E-state index is 5.44. The molecule has 8 nitrogen and oxygen atoms in total. The molecule has 0 saturated heterocycles. The van der Waals surface area contributed by atoms with Gasteiger partial charge in [-0.2, -0.15) is 15.0 Å². The lowest BCUT2D eigenvalue weighted by molar-refractivity contribution is 0.191. The lowest BCUT2D eigenvalue weighted by atomic mass is 10.2. The molecule has 0 saturated carbocycles. The van der Waals surface area contributed by atoms with Crippen molar-refractivity contribution in [3.8, 4) is 6.01 Å². The number of hydrazine groups is 1. The smallest absolute Gasteiger partial charge is 0.323 e. The SMILES string of the molecule is COCCC(C)Nc1nc(NN)nc(OC(C)C)n1. The minimum absolute atomic E-state index is 0.0215. The van der Waals surface area contributed by atoms with Gasteiger partial charge in [-0.1, -0.05) is 0 Å². The molecule has 1 heterocycles. The van der Waals surface area contributed by atoms with Gasteiger partial charge in [-0.25, -0.2) is 5.84 Å². The van der Waals surface area contributed by atoms with Crippen LogP contribution in [0.1, 0.15) is 27.2 Å². The zero-order valence-electron chi connectivity index (χ0n) is 11.8. The lowest BCUT2D eigenvalue weighted by Crippen LogP contribution is -2.21. The molecule has 1 aromatic heterocycles. The number of aromatic nitrogens is 3. The topological polar surface area (TPSA) is 107 Å². The number of nitrogen functional groups attached to an aromatic ring is 1. The molecule has 1 atom stereocenters. The van der Waals surface area contributed by atoms with E-state index in [1.54, 1.807) is 7.11 Å². The first kappa shape index (κ1) is 15.4. The van der Waals surface area contributed by atoms with Crippen LogP contribution in [0.15, 0.2) is 0 Å². The second kappa shape index (κ2) is 7.70. The van der Waals surface area contributed by atoms with E-state index in [4.69, 9.17) is 15.3 Å². The summed E-state index contributed by atoms with van der Waals surface area (Å²) in [6.07, 6.45) is 0.820. The van der Waals surface area contributed by atoms with Gasteiger partial charge in [0.05, 0.1) is 6.10 Å². The zero-order chi connectivity index (χ0) is 14.3. The van der Waals surface area contributed by atoms with Crippen LogP contribution in [0.4, 0.5) is 11.9 Å². The van der Waals surface area contributed by atoms with E-state index in [-0.39, 0.29) is 24.1 Å². The Morgan fingerprint density at radius 3 is 2.42 bits per heavy atom. The Balaban J connectivity index is 2.75. The second-order valence-corrected chi connectivity index (χ2v) is 4.40. The molecule has 19 heavy (non-hydrogen) atoms. The third kappa shape index (κ3) is 5.66. The van der Waals surface area contributed by atoms with Crippen LogP contribution in [0.25, 0.3) is 0 Å².